The zero-order chi connectivity index (χ0) is 15.0. The van der Waals surface area contributed by atoms with Crippen LogP contribution in [0.15, 0.2) is 0 Å². The quantitative estimate of drug-likeness (QED) is 0.658. The number of hydrogen-bond acceptors (Lipinski definition) is 5. The molecule has 1 aliphatic heterocycles. The van der Waals surface area contributed by atoms with Crippen LogP contribution in [0.5, 0.6) is 0 Å². The summed E-state index contributed by atoms with van der Waals surface area (Å²) in [5.74, 6) is -0.934. The van der Waals surface area contributed by atoms with Crippen molar-refractivity contribution in [3.63, 3.8) is 0 Å². The molecule has 1 rings (SSSR count). The Labute approximate surface area is 118 Å². The number of urea groups is 1. The summed E-state index contributed by atoms with van der Waals surface area (Å²) in [5, 5.41) is 11.5. The summed E-state index contributed by atoms with van der Waals surface area (Å²) in [7, 11) is 3.11. The van der Waals surface area contributed by atoms with Crippen LogP contribution in [-0.2, 0) is 19.0 Å². The molecule has 1 fully saturated rings. The van der Waals surface area contributed by atoms with Gasteiger partial charge in [0.1, 0.15) is 0 Å². The van der Waals surface area contributed by atoms with E-state index in [2.05, 4.69) is 5.32 Å². The monoisotopic (exact) mass is 290 g/mol. The highest BCUT2D eigenvalue weighted by Crippen LogP contribution is 2.08. The van der Waals surface area contributed by atoms with Gasteiger partial charge in [-0.15, -0.1) is 0 Å². The lowest BCUT2D eigenvalue weighted by atomic mass is 10.2. The molecule has 1 saturated heterocycles. The predicted molar refractivity (Wildman–Crippen MR) is 69.6 cm³/mol. The Morgan fingerprint density at radius 1 is 1.50 bits per heavy atom. The van der Waals surface area contributed by atoms with Gasteiger partial charge in [0, 0.05) is 33.9 Å². The van der Waals surface area contributed by atoms with E-state index in [0.717, 1.165) is 0 Å². The summed E-state index contributed by atoms with van der Waals surface area (Å²) in [6.45, 7) is 1.80. The molecule has 0 aliphatic carbocycles. The fourth-order valence-electron chi connectivity index (χ4n) is 1.93. The van der Waals surface area contributed by atoms with Crippen molar-refractivity contribution in [1.29, 1.82) is 0 Å². The molecule has 2 amide bonds. The van der Waals surface area contributed by atoms with Gasteiger partial charge in [0.05, 0.1) is 31.8 Å². The molecule has 0 bridgehead atoms. The van der Waals surface area contributed by atoms with Gasteiger partial charge in [-0.3, -0.25) is 4.79 Å². The van der Waals surface area contributed by atoms with Crippen LogP contribution in [0.1, 0.15) is 6.42 Å². The number of carbonyl (C=O) groups is 2. The van der Waals surface area contributed by atoms with Crippen LogP contribution < -0.4 is 5.32 Å². The first-order chi connectivity index (χ1) is 9.56. The Hall–Kier alpha value is -1.38. The van der Waals surface area contributed by atoms with Crippen LogP contribution in [0.4, 0.5) is 4.79 Å². The minimum absolute atomic E-state index is 0.103. The third kappa shape index (κ3) is 5.72. The first kappa shape index (κ1) is 16.7. The number of carboxylic acid groups (broad SMARTS) is 1. The second-order valence-corrected chi connectivity index (χ2v) is 4.54. The molecule has 0 aromatic rings. The minimum atomic E-state index is -0.934. The number of carbonyl (C=O) groups excluding carboxylic acids is 1. The second kappa shape index (κ2) is 8.72. The number of morpholine rings is 1. The van der Waals surface area contributed by atoms with Crippen molar-refractivity contribution in [2.45, 2.75) is 18.6 Å². The third-order valence-electron chi connectivity index (χ3n) is 3.00. The molecular formula is C12H22N2O6. The van der Waals surface area contributed by atoms with E-state index < -0.39 is 12.1 Å². The second-order valence-electron chi connectivity index (χ2n) is 4.54. The van der Waals surface area contributed by atoms with E-state index in [4.69, 9.17) is 19.3 Å². The number of methoxy groups -OCH3 is 2. The van der Waals surface area contributed by atoms with Crippen molar-refractivity contribution in [2.75, 3.05) is 47.1 Å². The van der Waals surface area contributed by atoms with Crippen molar-refractivity contribution >= 4 is 12.0 Å². The molecule has 2 N–H and O–H groups in total. The standard InChI is InChI=1S/C12H22N2O6/c1-18-8-10(19-2)6-13-12(17)14-3-4-20-9(7-14)5-11(15)16/h9-10H,3-8H2,1-2H3,(H,13,17)(H,15,16). The van der Waals surface area contributed by atoms with Crippen LogP contribution in [-0.4, -0.2) is 81.3 Å². The zero-order valence-corrected chi connectivity index (χ0v) is 11.8. The molecule has 116 valence electrons. The number of ether oxygens (including phenoxy) is 3. The molecular weight excluding hydrogens is 268 g/mol. The maximum atomic E-state index is 12.0. The average molecular weight is 290 g/mol. The van der Waals surface area contributed by atoms with Gasteiger partial charge in [-0.25, -0.2) is 4.79 Å². The Kier molecular flexibility index (Phi) is 7.27. The lowest BCUT2D eigenvalue weighted by molar-refractivity contribution is -0.141. The Bertz CT molecular complexity index is 325. The van der Waals surface area contributed by atoms with Crippen LogP contribution in [0.2, 0.25) is 0 Å². The van der Waals surface area contributed by atoms with E-state index >= 15 is 0 Å². The number of carboxylic acids is 1. The number of amides is 2. The van der Waals surface area contributed by atoms with Crippen LogP contribution in [0.25, 0.3) is 0 Å². The van der Waals surface area contributed by atoms with Crippen LogP contribution in [0, 0.1) is 0 Å². The molecule has 1 aliphatic rings. The van der Waals surface area contributed by atoms with Crippen molar-refractivity contribution in [3.8, 4) is 0 Å². The molecule has 0 radical (unpaired) electrons. The Morgan fingerprint density at radius 2 is 2.25 bits per heavy atom. The number of aliphatic carboxylic acids is 1. The Balaban J connectivity index is 2.36. The largest absolute Gasteiger partial charge is 0.481 e. The lowest BCUT2D eigenvalue weighted by Gasteiger charge is -2.32. The van der Waals surface area contributed by atoms with E-state index in [0.29, 0.717) is 26.3 Å². The van der Waals surface area contributed by atoms with Crippen molar-refractivity contribution in [3.05, 3.63) is 0 Å². The molecule has 0 spiro atoms. The van der Waals surface area contributed by atoms with Gasteiger partial charge < -0.3 is 29.5 Å². The summed E-state index contributed by atoms with van der Waals surface area (Å²) in [4.78, 5) is 24.2. The number of rotatable bonds is 7. The van der Waals surface area contributed by atoms with Crippen LogP contribution in [0.3, 0.4) is 0 Å². The minimum Gasteiger partial charge on any atom is -0.481 e. The lowest BCUT2D eigenvalue weighted by Crippen LogP contribution is -2.51. The summed E-state index contributed by atoms with van der Waals surface area (Å²) in [6.07, 6.45) is -0.766. The van der Waals surface area contributed by atoms with E-state index in [-0.39, 0.29) is 25.1 Å². The van der Waals surface area contributed by atoms with Gasteiger partial charge in [-0.1, -0.05) is 0 Å². The van der Waals surface area contributed by atoms with E-state index in [1.165, 1.54) is 0 Å². The van der Waals surface area contributed by atoms with E-state index in [9.17, 15) is 9.59 Å². The van der Waals surface area contributed by atoms with Gasteiger partial charge in [0.25, 0.3) is 0 Å². The summed E-state index contributed by atoms with van der Waals surface area (Å²) >= 11 is 0. The maximum absolute atomic E-state index is 12.0. The summed E-state index contributed by atoms with van der Waals surface area (Å²) < 4.78 is 15.4. The molecule has 1 heterocycles. The maximum Gasteiger partial charge on any atom is 0.317 e. The Morgan fingerprint density at radius 3 is 2.85 bits per heavy atom. The molecule has 8 heteroatoms. The predicted octanol–water partition coefficient (Wildman–Crippen LogP) is -0.467. The number of hydrogen-bond donors (Lipinski definition) is 2. The van der Waals surface area contributed by atoms with Gasteiger partial charge in [-0.05, 0) is 0 Å². The molecule has 0 aromatic heterocycles. The first-order valence-corrected chi connectivity index (χ1v) is 6.44. The van der Waals surface area contributed by atoms with Gasteiger partial charge in [-0.2, -0.15) is 0 Å². The molecule has 0 aromatic carbocycles. The van der Waals surface area contributed by atoms with Gasteiger partial charge in [0.2, 0.25) is 0 Å². The van der Waals surface area contributed by atoms with Crippen molar-refractivity contribution in [1.82, 2.24) is 10.2 Å². The van der Waals surface area contributed by atoms with E-state index in [1.54, 1.807) is 19.1 Å². The summed E-state index contributed by atoms with van der Waals surface area (Å²) in [6, 6.07) is -0.248. The molecule has 20 heavy (non-hydrogen) atoms. The summed E-state index contributed by atoms with van der Waals surface area (Å²) in [5.41, 5.74) is 0. The van der Waals surface area contributed by atoms with Gasteiger partial charge in [0.15, 0.2) is 0 Å². The molecule has 2 unspecified atom stereocenters. The topological polar surface area (TPSA) is 97.3 Å². The van der Waals surface area contributed by atoms with Gasteiger partial charge >= 0.3 is 12.0 Å². The molecule has 2 atom stereocenters. The van der Waals surface area contributed by atoms with Crippen molar-refractivity contribution in [2.24, 2.45) is 0 Å². The zero-order valence-electron chi connectivity index (χ0n) is 11.8. The first-order valence-electron chi connectivity index (χ1n) is 6.44. The highest BCUT2D eigenvalue weighted by Gasteiger charge is 2.26. The SMILES string of the molecule is COCC(CNC(=O)N1CCOC(CC(=O)O)C1)OC. The average Bonchev–Trinajstić information content (AvgIpc) is 2.42. The van der Waals surface area contributed by atoms with Crippen molar-refractivity contribution < 1.29 is 28.9 Å². The normalized spacial score (nSPS) is 20.5. The third-order valence-corrected chi connectivity index (χ3v) is 3.00. The van der Waals surface area contributed by atoms with Crippen LogP contribution >= 0.6 is 0 Å². The highest BCUT2D eigenvalue weighted by molar-refractivity contribution is 5.74. The van der Waals surface area contributed by atoms with E-state index in [1.807, 2.05) is 0 Å². The number of nitrogens with zero attached hydrogens (tertiary/aromatic N) is 1. The number of nitrogens with one attached hydrogen (secondary N) is 1. The fraction of sp³-hybridized carbons (Fsp3) is 0.833. The molecule has 0 saturated carbocycles. The fourth-order valence-corrected chi connectivity index (χ4v) is 1.93. The highest BCUT2D eigenvalue weighted by atomic mass is 16.5. The molecule has 8 nitrogen and oxygen atoms in total. The smallest absolute Gasteiger partial charge is 0.317 e.